The highest BCUT2D eigenvalue weighted by Gasteiger charge is 2.27. The van der Waals surface area contributed by atoms with Crippen molar-refractivity contribution in [1.29, 1.82) is 0 Å². The average Bonchev–Trinajstić information content (AvgIpc) is 2.48. The summed E-state index contributed by atoms with van der Waals surface area (Å²) in [4.78, 5) is 24.0. The highest BCUT2D eigenvalue weighted by atomic mass is 16.5. The van der Waals surface area contributed by atoms with Gasteiger partial charge in [0.25, 0.3) is 5.56 Å². The zero-order chi connectivity index (χ0) is 15.2. The molecule has 1 fully saturated rings. The van der Waals surface area contributed by atoms with E-state index in [1.807, 2.05) is 0 Å². The molecule has 1 aliphatic rings. The van der Waals surface area contributed by atoms with Crippen molar-refractivity contribution >= 4 is 11.6 Å². The standard InChI is InChI=1S/C15H23N3O3/c1-11-4-3-7-16-14(11)15(20)17-12-5-6-13(19)18(10-12)8-9-21-2/h5-6,10-11,14,16H,3-4,7-9H2,1-2H3,(H,17,20). The van der Waals surface area contributed by atoms with Gasteiger partial charge in [-0.05, 0) is 31.4 Å². The number of rotatable bonds is 5. The summed E-state index contributed by atoms with van der Waals surface area (Å²) < 4.78 is 6.51. The van der Waals surface area contributed by atoms with Crippen LogP contribution in [0.2, 0.25) is 0 Å². The minimum Gasteiger partial charge on any atom is -0.383 e. The Hall–Kier alpha value is -1.66. The first kappa shape index (κ1) is 15.7. The first-order chi connectivity index (χ1) is 10.1. The van der Waals surface area contributed by atoms with E-state index >= 15 is 0 Å². The number of methoxy groups -OCH3 is 1. The molecule has 0 aromatic carbocycles. The largest absolute Gasteiger partial charge is 0.383 e. The second-order valence-corrected chi connectivity index (χ2v) is 5.48. The van der Waals surface area contributed by atoms with Gasteiger partial charge in [-0.2, -0.15) is 0 Å². The zero-order valence-corrected chi connectivity index (χ0v) is 12.6. The maximum absolute atomic E-state index is 12.3. The number of amides is 1. The molecule has 1 aromatic rings. The van der Waals surface area contributed by atoms with Crippen LogP contribution in [0, 0.1) is 5.92 Å². The third-order valence-corrected chi connectivity index (χ3v) is 3.84. The topological polar surface area (TPSA) is 72.4 Å². The fourth-order valence-corrected chi connectivity index (χ4v) is 2.59. The van der Waals surface area contributed by atoms with Crippen LogP contribution in [-0.2, 0) is 16.1 Å². The Morgan fingerprint density at radius 2 is 2.33 bits per heavy atom. The zero-order valence-electron chi connectivity index (χ0n) is 12.6. The summed E-state index contributed by atoms with van der Waals surface area (Å²) in [7, 11) is 1.59. The highest BCUT2D eigenvalue weighted by Crippen LogP contribution is 2.17. The molecule has 2 rings (SSSR count). The molecule has 0 saturated carbocycles. The van der Waals surface area contributed by atoms with E-state index in [-0.39, 0.29) is 17.5 Å². The lowest BCUT2D eigenvalue weighted by atomic mass is 9.92. The Bertz CT molecular complexity index is 541. The molecule has 2 atom stereocenters. The van der Waals surface area contributed by atoms with Crippen LogP contribution in [0.4, 0.5) is 5.69 Å². The molecule has 6 nitrogen and oxygen atoms in total. The molecule has 0 bridgehead atoms. The lowest BCUT2D eigenvalue weighted by molar-refractivity contribution is -0.119. The first-order valence-electron chi connectivity index (χ1n) is 7.35. The average molecular weight is 293 g/mol. The van der Waals surface area contributed by atoms with Gasteiger partial charge < -0.3 is 19.9 Å². The summed E-state index contributed by atoms with van der Waals surface area (Å²) >= 11 is 0. The van der Waals surface area contributed by atoms with Crippen LogP contribution in [0.15, 0.2) is 23.1 Å². The Morgan fingerprint density at radius 1 is 1.52 bits per heavy atom. The summed E-state index contributed by atoms with van der Waals surface area (Å²) in [6.45, 7) is 3.88. The fourth-order valence-electron chi connectivity index (χ4n) is 2.59. The summed E-state index contributed by atoms with van der Waals surface area (Å²) in [6, 6.07) is 2.93. The molecule has 1 saturated heterocycles. The van der Waals surface area contributed by atoms with Crippen LogP contribution < -0.4 is 16.2 Å². The monoisotopic (exact) mass is 293 g/mol. The molecule has 6 heteroatoms. The number of nitrogens with zero attached hydrogens (tertiary/aromatic N) is 1. The molecule has 2 heterocycles. The highest BCUT2D eigenvalue weighted by molar-refractivity contribution is 5.94. The Balaban J connectivity index is 2.04. The van der Waals surface area contributed by atoms with Gasteiger partial charge >= 0.3 is 0 Å². The van der Waals surface area contributed by atoms with Crippen molar-refractivity contribution in [2.24, 2.45) is 5.92 Å². The molecule has 21 heavy (non-hydrogen) atoms. The van der Waals surface area contributed by atoms with Crippen molar-refractivity contribution in [2.75, 3.05) is 25.6 Å². The first-order valence-corrected chi connectivity index (χ1v) is 7.35. The van der Waals surface area contributed by atoms with Crippen LogP contribution >= 0.6 is 0 Å². The van der Waals surface area contributed by atoms with Crippen LogP contribution in [0.5, 0.6) is 0 Å². The maximum atomic E-state index is 12.3. The van der Waals surface area contributed by atoms with Crippen LogP contribution in [-0.4, -0.2) is 36.8 Å². The predicted octanol–water partition coefficient (Wildman–Crippen LogP) is 0.821. The minimum absolute atomic E-state index is 0.0425. The van der Waals surface area contributed by atoms with Gasteiger partial charge in [0.2, 0.25) is 5.91 Å². The van der Waals surface area contributed by atoms with Gasteiger partial charge in [0.05, 0.1) is 18.3 Å². The number of pyridine rings is 1. The molecule has 0 aliphatic carbocycles. The number of piperidine rings is 1. The van der Waals surface area contributed by atoms with Crippen LogP contribution in [0.3, 0.4) is 0 Å². The number of ether oxygens (including phenoxy) is 1. The van der Waals surface area contributed by atoms with E-state index in [0.717, 1.165) is 19.4 Å². The predicted molar refractivity (Wildman–Crippen MR) is 81.4 cm³/mol. The normalized spacial score (nSPS) is 22.0. The van der Waals surface area contributed by atoms with E-state index in [1.165, 1.54) is 10.6 Å². The van der Waals surface area contributed by atoms with E-state index < -0.39 is 0 Å². The van der Waals surface area contributed by atoms with Gasteiger partial charge in [-0.1, -0.05) is 6.92 Å². The Labute approximate surface area is 124 Å². The maximum Gasteiger partial charge on any atom is 0.250 e. The molecule has 0 spiro atoms. The molecule has 2 unspecified atom stereocenters. The number of aromatic nitrogens is 1. The van der Waals surface area contributed by atoms with Crippen molar-refractivity contribution in [3.8, 4) is 0 Å². The third kappa shape index (κ3) is 4.15. The van der Waals surface area contributed by atoms with Gasteiger partial charge in [-0.25, -0.2) is 0 Å². The molecular formula is C15H23N3O3. The van der Waals surface area contributed by atoms with Crippen LogP contribution in [0.1, 0.15) is 19.8 Å². The quantitative estimate of drug-likeness (QED) is 0.843. The number of nitrogens with one attached hydrogen (secondary N) is 2. The number of carbonyl (C=O) groups is 1. The van der Waals surface area contributed by atoms with Gasteiger partial charge in [0.15, 0.2) is 0 Å². The molecule has 116 valence electrons. The molecule has 1 aromatic heterocycles. The lowest BCUT2D eigenvalue weighted by Crippen LogP contribution is -2.48. The van der Waals surface area contributed by atoms with E-state index in [9.17, 15) is 9.59 Å². The molecule has 0 radical (unpaired) electrons. The molecule has 2 N–H and O–H groups in total. The SMILES string of the molecule is COCCn1cc(NC(=O)C2NCCCC2C)ccc1=O. The molecule has 1 aliphatic heterocycles. The van der Waals surface area contributed by atoms with Crippen molar-refractivity contribution < 1.29 is 9.53 Å². The number of carbonyl (C=O) groups excluding carboxylic acids is 1. The van der Waals surface area contributed by atoms with E-state index in [1.54, 1.807) is 19.4 Å². The number of hydrogen-bond acceptors (Lipinski definition) is 4. The smallest absolute Gasteiger partial charge is 0.250 e. The Kier molecular flexibility index (Phi) is 5.52. The van der Waals surface area contributed by atoms with Gasteiger partial charge in [-0.3, -0.25) is 9.59 Å². The summed E-state index contributed by atoms with van der Waals surface area (Å²) in [5, 5.41) is 6.13. The number of anilines is 1. The third-order valence-electron chi connectivity index (χ3n) is 3.84. The minimum atomic E-state index is -0.168. The van der Waals surface area contributed by atoms with Crippen LogP contribution in [0.25, 0.3) is 0 Å². The Morgan fingerprint density at radius 3 is 3.05 bits per heavy atom. The fraction of sp³-hybridized carbons (Fsp3) is 0.600. The molecular weight excluding hydrogens is 270 g/mol. The summed E-state index contributed by atoms with van der Waals surface area (Å²) in [5.74, 6) is 0.275. The van der Waals surface area contributed by atoms with E-state index in [0.29, 0.717) is 24.8 Å². The van der Waals surface area contributed by atoms with E-state index in [4.69, 9.17) is 4.74 Å². The van der Waals surface area contributed by atoms with Crippen molar-refractivity contribution in [3.05, 3.63) is 28.7 Å². The van der Waals surface area contributed by atoms with Gasteiger partial charge in [-0.15, -0.1) is 0 Å². The van der Waals surface area contributed by atoms with Gasteiger partial charge in [0.1, 0.15) is 0 Å². The van der Waals surface area contributed by atoms with Gasteiger partial charge in [0, 0.05) is 25.9 Å². The number of hydrogen-bond donors (Lipinski definition) is 2. The van der Waals surface area contributed by atoms with E-state index in [2.05, 4.69) is 17.6 Å². The van der Waals surface area contributed by atoms with Crippen molar-refractivity contribution in [3.63, 3.8) is 0 Å². The summed E-state index contributed by atoms with van der Waals surface area (Å²) in [6.07, 6.45) is 3.82. The van der Waals surface area contributed by atoms with Crippen molar-refractivity contribution in [2.45, 2.75) is 32.4 Å². The lowest BCUT2D eigenvalue weighted by Gasteiger charge is -2.28. The van der Waals surface area contributed by atoms with Crippen molar-refractivity contribution in [1.82, 2.24) is 9.88 Å². The second-order valence-electron chi connectivity index (χ2n) is 5.48. The summed E-state index contributed by atoms with van der Waals surface area (Å²) in [5.41, 5.74) is 0.532. The second kappa shape index (κ2) is 7.38. The molecule has 1 amide bonds.